The summed E-state index contributed by atoms with van der Waals surface area (Å²) in [4.78, 5) is 122. The van der Waals surface area contributed by atoms with E-state index in [0.717, 1.165) is 18.2 Å². The number of unbranched alkanes of at least 4 members (excludes halogenated alkanes) is 1. The summed E-state index contributed by atoms with van der Waals surface area (Å²) >= 11 is 0. The summed E-state index contributed by atoms with van der Waals surface area (Å²) in [5, 5.41) is 21.0. The van der Waals surface area contributed by atoms with E-state index < -0.39 is 151 Å². The average molecular weight is 1610 g/mol. The lowest BCUT2D eigenvalue weighted by Crippen LogP contribution is -2.60. The number of carbonyl (C=O) groups is 6. The summed E-state index contributed by atoms with van der Waals surface area (Å²) in [6, 6.07) is 11.0. The van der Waals surface area contributed by atoms with Gasteiger partial charge in [-0.2, -0.15) is 0 Å². The molecule has 5 amide bonds. The Morgan fingerprint density at radius 1 is 0.552 bits per heavy atom. The third kappa shape index (κ3) is 20.4. The van der Waals surface area contributed by atoms with Gasteiger partial charge in [-0.15, -0.1) is 6.42 Å². The molecule has 5 aliphatic heterocycles. The standard InChI is InChI=1S/C29H28F3N3O4.C26H29F3N4O4.C22H21F3N4O4.C7H4/c1-17-7-6-8-18(2)34-35-15-22(29(38)33-14-21-23(31)12-20(30)13-24(21)32)27(37)28(26(35)25(36)11-17)39-16-19-9-4-3-5-10-19;1-4-5-9-37-24-22-26(36)31-14-33(16(3)8-6-7-15(31)2)32(22)13-19(23(24)34)25(35)30-12-18-20(28)10-17(27)11-21(18)29;1-11-4-3-5-12(2)29-10-27(11)22(33)18-20(31)19(30)15(9-28(18)29)21(32)26-8-14-16(24)6-13(23)7-17(14)25;1-3-5-7-6-4-2/h3-7,9-10,12-13,15,17-18,34H,8,11,14,16H2,1-2H3,(H,33,38);6-7,10-11,13,15-16H,4-5,8-9,12,14H2,1-3H3,(H,30,35);3-4,6-7,9,11-12,31H,5,8,10H2,1-2H3,(H,26,32);1H,2H3/b2*7-6-;4-3-;/t17-,18+;15-,16+;11-,12+;/m000./s1. The smallest absolute Gasteiger partial charge is 0.278 e. The van der Waals surface area contributed by atoms with E-state index in [-0.39, 0.29) is 109 Å². The highest BCUT2D eigenvalue weighted by Crippen LogP contribution is 2.31. The summed E-state index contributed by atoms with van der Waals surface area (Å²) in [6.07, 6.45) is 23.3. The lowest BCUT2D eigenvalue weighted by atomic mass is 9.99. The summed E-state index contributed by atoms with van der Waals surface area (Å²) in [6.45, 7) is 13.5. The first-order chi connectivity index (χ1) is 55.3. The Morgan fingerprint density at radius 2 is 0.983 bits per heavy atom. The van der Waals surface area contributed by atoms with Crippen LogP contribution >= 0.6 is 0 Å². The lowest BCUT2D eigenvalue weighted by molar-refractivity contribution is 0.0626. The fourth-order valence-corrected chi connectivity index (χ4v) is 12.7. The van der Waals surface area contributed by atoms with E-state index in [0.29, 0.717) is 62.1 Å². The summed E-state index contributed by atoms with van der Waals surface area (Å²) < 4.78 is 139. The zero-order valence-corrected chi connectivity index (χ0v) is 64.3. The van der Waals surface area contributed by atoms with Crippen LogP contribution in [0, 0.1) is 94.3 Å². The topological polar surface area (TPSA) is 268 Å². The predicted molar refractivity (Wildman–Crippen MR) is 412 cm³/mol. The van der Waals surface area contributed by atoms with Crippen molar-refractivity contribution in [2.75, 3.05) is 35.4 Å². The number of rotatable bonds is 16. The highest BCUT2D eigenvalue weighted by Gasteiger charge is 2.41. The van der Waals surface area contributed by atoms with Gasteiger partial charge in [0.15, 0.2) is 40.1 Å². The monoisotopic (exact) mass is 1610 g/mol. The number of amides is 5. The quantitative estimate of drug-likeness (QED) is 0.0261. The predicted octanol–water partition coefficient (Wildman–Crippen LogP) is 11.0. The number of terminal acetylenes is 1. The molecule has 0 saturated heterocycles. The van der Waals surface area contributed by atoms with Gasteiger partial charge < -0.3 is 45.8 Å². The molecule has 3 aromatic heterocycles. The fraction of sp³-hybridized carbons (Fsp3) is 0.321. The molecule has 12 rings (SSSR count). The van der Waals surface area contributed by atoms with Gasteiger partial charge >= 0.3 is 0 Å². The van der Waals surface area contributed by atoms with Crippen molar-refractivity contribution in [1.82, 2.24) is 39.8 Å². The van der Waals surface area contributed by atoms with Crippen molar-refractivity contribution < 1.29 is 82.9 Å². The molecule has 116 heavy (non-hydrogen) atoms. The maximum Gasteiger partial charge on any atom is 0.278 e. The third-order valence-electron chi connectivity index (χ3n) is 19.0. The van der Waals surface area contributed by atoms with Crippen LogP contribution in [0.2, 0.25) is 0 Å². The molecule has 8 heterocycles. The minimum atomic E-state index is -1.19. The van der Waals surface area contributed by atoms with Crippen LogP contribution < -0.4 is 57.2 Å². The normalized spacial score (nSPS) is 18.4. The van der Waals surface area contributed by atoms with Gasteiger partial charge in [-0.3, -0.25) is 67.2 Å². The van der Waals surface area contributed by atoms with Gasteiger partial charge in [0.05, 0.1) is 6.61 Å². The number of hydrogen-bond donors (Lipinski definition) is 5. The number of ether oxygens (including phenoxy) is 2. The van der Waals surface area contributed by atoms with E-state index >= 15 is 0 Å². The van der Waals surface area contributed by atoms with E-state index in [4.69, 9.17) is 15.9 Å². The molecule has 0 aliphatic carbocycles. The van der Waals surface area contributed by atoms with Crippen LogP contribution in [0.15, 0.2) is 136 Å². The van der Waals surface area contributed by atoms with E-state index in [2.05, 4.69) is 51.0 Å². The average Bonchev–Trinajstić information content (AvgIpc) is 0.710. The van der Waals surface area contributed by atoms with Crippen LogP contribution in [-0.2, 0) is 26.2 Å². The number of aromatic hydroxyl groups is 1. The molecule has 0 radical (unpaired) electrons. The SMILES string of the molecule is C#CC#CC#CC.CCCCOc1c2n(cc(C(=O)NCc3c(F)cc(F)cc3F)c1=O)N1CN(C2=O)[C@@H](C)/C=C\C[C@H]1C.C[C@@H]1C/C=C\[C@H](C)CC(=O)c2c(OCc3ccccc3)c(=O)c(C(=O)NCc3c(F)cc(F)cc3F)cn2N1.C[C@@H]1C/C=C\[C@H](C)N2CN1n1cc(C(=O)NCc3c(F)cc(F)cc3F)c(=O)c(O)c1C2=O. The zero-order chi connectivity index (χ0) is 84.5. The molecule has 5 aliphatic rings. The number of halogens is 9. The molecule has 7 aromatic rings. The zero-order valence-electron chi connectivity index (χ0n) is 64.3. The number of aromatic nitrogens is 3. The van der Waals surface area contributed by atoms with E-state index in [1.807, 2.05) is 96.0 Å². The molecule has 4 aromatic carbocycles. The van der Waals surface area contributed by atoms with E-state index in [1.54, 1.807) is 41.1 Å². The van der Waals surface area contributed by atoms with Crippen molar-refractivity contribution in [3.8, 4) is 53.3 Å². The second kappa shape index (κ2) is 39.0. The van der Waals surface area contributed by atoms with Crippen molar-refractivity contribution in [2.45, 2.75) is 150 Å². The van der Waals surface area contributed by atoms with Crippen molar-refractivity contribution in [3.05, 3.63) is 261 Å². The molecule has 0 saturated carbocycles. The number of nitrogens with zero attached hydrogens (tertiary/aromatic N) is 7. The van der Waals surface area contributed by atoms with Crippen LogP contribution in [0.3, 0.4) is 0 Å². The first-order valence-electron chi connectivity index (χ1n) is 36.7. The summed E-state index contributed by atoms with van der Waals surface area (Å²) in [5.41, 5.74) is -2.14. The number of Topliss-reactive ketones (excluding diaryl/α,β-unsaturated/α-hetero) is 1. The first kappa shape index (κ1) is 86.8. The number of benzene rings is 4. The van der Waals surface area contributed by atoms with Crippen LogP contribution in [0.4, 0.5) is 39.5 Å². The van der Waals surface area contributed by atoms with Gasteiger partial charge in [0.25, 0.3) is 29.5 Å². The van der Waals surface area contributed by atoms with Gasteiger partial charge in [0.2, 0.25) is 16.3 Å². The fourth-order valence-electron chi connectivity index (χ4n) is 12.7. The van der Waals surface area contributed by atoms with Gasteiger partial charge in [-0.05, 0) is 102 Å². The maximum absolute atomic E-state index is 14.1. The van der Waals surface area contributed by atoms with Crippen molar-refractivity contribution >= 4 is 35.3 Å². The summed E-state index contributed by atoms with van der Waals surface area (Å²) in [7, 11) is 0. The van der Waals surface area contributed by atoms with Gasteiger partial charge in [-0.25, -0.2) is 39.5 Å². The number of allylic oxidation sites excluding steroid dienone is 1. The van der Waals surface area contributed by atoms with Crippen LogP contribution in [-0.4, -0.2) is 114 Å². The van der Waals surface area contributed by atoms with E-state index in [9.17, 15) is 87.8 Å². The minimum absolute atomic E-state index is 0.0218. The van der Waals surface area contributed by atoms with Crippen LogP contribution in [0.25, 0.3) is 0 Å². The Hall–Kier alpha value is -13.2. The number of ketones is 1. The largest absolute Gasteiger partial charge is 0.502 e. The Balaban J connectivity index is 0.000000191. The highest BCUT2D eigenvalue weighted by atomic mass is 19.2. The second-order valence-electron chi connectivity index (χ2n) is 27.6. The van der Waals surface area contributed by atoms with E-state index in [1.165, 1.54) is 31.3 Å². The molecule has 608 valence electrons. The molecule has 0 unspecified atom stereocenters. The third-order valence-corrected chi connectivity index (χ3v) is 19.0. The highest BCUT2D eigenvalue weighted by molar-refractivity contribution is 6.02. The van der Waals surface area contributed by atoms with Crippen LogP contribution in [0.5, 0.6) is 17.2 Å². The molecular formula is C84H82F9N11O12. The molecule has 0 fully saturated rings. The number of nitrogens with one attached hydrogen (secondary N) is 4. The van der Waals surface area contributed by atoms with Crippen LogP contribution in [0.1, 0.15) is 179 Å². The molecule has 0 spiro atoms. The minimum Gasteiger partial charge on any atom is -0.502 e. The molecule has 5 N–H and O–H groups in total. The van der Waals surface area contributed by atoms with Crippen molar-refractivity contribution in [1.29, 1.82) is 0 Å². The molecule has 23 nitrogen and oxygen atoms in total. The number of fused-ring (bicyclic) bond motifs is 9. The number of carbonyl (C=O) groups excluding carboxylic acids is 6. The maximum atomic E-state index is 14.1. The van der Waals surface area contributed by atoms with Gasteiger partial charge in [0.1, 0.15) is 89.0 Å². The number of hydrogen-bond acceptors (Lipinski definition) is 15. The Labute approximate surface area is 661 Å². The van der Waals surface area contributed by atoms with Gasteiger partial charge in [-0.1, -0.05) is 93.0 Å². The lowest BCUT2D eigenvalue weighted by Gasteiger charge is -2.45. The van der Waals surface area contributed by atoms with Crippen molar-refractivity contribution in [3.63, 3.8) is 0 Å². The molecule has 4 bridgehead atoms. The van der Waals surface area contributed by atoms with Gasteiger partial charge in [0, 0.05) is 128 Å². The molecular weight excluding hydrogens is 1530 g/mol. The Bertz CT molecular complexity index is 5360. The number of pyridine rings is 3. The Morgan fingerprint density at radius 3 is 1.44 bits per heavy atom. The molecule has 32 heteroatoms. The second-order valence-corrected chi connectivity index (χ2v) is 27.6. The molecule has 6 atom stereocenters. The Kier molecular flexibility index (Phi) is 29.2. The first-order valence-corrected chi connectivity index (χ1v) is 36.7. The summed E-state index contributed by atoms with van der Waals surface area (Å²) in [5.74, 6) is -4.13. The van der Waals surface area contributed by atoms with Crippen molar-refractivity contribution in [2.24, 2.45) is 5.92 Å².